The number of para-hydroxylation sites is 2. The van der Waals surface area contributed by atoms with Crippen molar-refractivity contribution < 1.29 is 19.4 Å². The molecule has 2 aromatic carbocycles. The molecule has 0 heterocycles. The monoisotopic (exact) mass is 412 g/mol. The molecule has 0 unspecified atom stereocenters. The molecule has 0 aromatic heterocycles. The number of hydrazone groups is 2. The molecule has 2 aromatic rings. The Bertz CT molecular complexity index is 938. The SMILES string of the molecule is O=C(CCC(=O)NN=Cc1ccccc1[N+](=O)[O-])NN=Cc1ccccc1[N+](=O)[O-]. The van der Waals surface area contributed by atoms with Gasteiger partial charge >= 0.3 is 0 Å². The minimum atomic E-state index is -0.581. The van der Waals surface area contributed by atoms with Gasteiger partial charge in [-0.2, -0.15) is 10.2 Å². The molecule has 0 spiro atoms. The highest BCUT2D eigenvalue weighted by molar-refractivity contribution is 5.89. The van der Waals surface area contributed by atoms with Crippen LogP contribution in [0.2, 0.25) is 0 Å². The second-order valence-corrected chi connectivity index (χ2v) is 5.72. The number of amides is 2. The van der Waals surface area contributed by atoms with E-state index in [0.29, 0.717) is 0 Å². The van der Waals surface area contributed by atoms with Gasteiger partial charge < -0.3 is 0 Å². The maximum Gasteiger partial charge on any atom is 0.278 e. The summed E-state index contributed by atoms with van der Waals surface area (Å²) in [6.07, 6.45) is 1.85. The summed E-state index contributed by atoms with van der Waals surface area (Å²) < 4.78 is 0. The minimum Gasteiger partial charge on any atom is -0.273 e. The Balaban J connectivity index is 1.79. The standard InChI is InChI=1S/C18H16N6O6/c25-17(21-19-11-13-5-1-3-7-15(13)23(27)28)9-10-18(26)22-20-12-14-6-2-4-8-16(14)24(29)30/h1-8,11-12H,9-10H2,(H,21,25)(H,22,26). The third-order valence-electron chi connectivity index (χ3n) is 3.63. The summed E-state index contributed by atoms with van der Waals surface area (Å²) in [5.74, 6) is -1.16. The van der Waals surface area contributed by atoms with Crippen molar-refractivity contribution in [1.29, 1.82) is 0 Å². The average Bonchev–Trinajstić information content (AvgIpc) is 2.72. The first-order chi connectivity index (χ1) is 14.4. The summed E-state index contributed by atoms with van der Waals surface area (Å²) in [7, 11) is 0. The Morgan fingerprint density at radius 1 is 0.767 bits per heavy atom. The van der Waals surface area contributed by atoms with Crippen LogP contribution in [0.4, 0.5) is 11.4 Å². The van der Waals surface area contributed by atoms with E-state index in [4.69, 9.17) is 0 Å². The molecule has 0 fully saturated rings. The van der Waals surface area contributed by atoms with Crippen LogP contribution >= 0.6 is 0 Å². The van der Waals surface area contributed by atoms with Gasteiger partial charge in [0.1, 0.15) is 0 Å². The number of nitro groups is 2. The van der Waals surface area contributed by atoms with Gasteiger partial charge in [0.2, 0.25) is 11.8 Å². The molecule has 0 bridgehead atoms. The molecule has 12 heteroatoms. The molecule has 2 rings (SSSR count). The molecule has 0 saturated heterocycles. The predicted octanol–water partition coefficient (Wildman–Crippen LogP) is 1.88. The van der Waals surface area contributed by atoms with E-state index < -0.39 is 21.7 Å². The van der Waals surface area contributed by atoms with Crippen molar-refractivity contribution in [2.45, 2.75) is 12.8 Å². The van der Waals surface area contributed by atoms with Crippen LogP contribution in [0.15, 0.2) is 58.7 Å². The fourth-order valence-electron chi connectivity index (χ4n) is 2.21. The Morgan fingerprint density at radius 2 is 1.13 bits per heavy atom. The lowest BCUT2D eigenvalue weighted by Crippen LogP contribution is -2.22. The second-order valence-electron chi connectivity index (χ2n) is 5.72. The van der Waals surface area contributed by atoms with E-state index in [1.807, 2.05) is 0 Å². The molecule has 0 radical (unpaired) electrons. The Morgan fingerprint density at radius 3 is 1.50 bits per heavy atom. The fourth-order valence-corrected chi connectivity index (χ4v) is 2.21. The summed E-state index contributed by atoms with van der Waals surface area (Å²) in [6.45, 7) is 0. The van der Waals surface area contributed by atoms with Crippen molar-refractivity contribution in [2.24, 2.45) is 10.2 Å². The summed E-state index contributed by atoms with van der Waals surface area (Å²) in [5.41, 5.74) is 4.44. The largest absolute Gasteiger partial charge is 0.278 e. The van der Waals surface area contributed by atoms with Crippen molar-refractivity contribution in [3.8, 4) is 0 Å². The van der Waals surface area contributed by atoms with Crippen molar-refractivity contribution >= 4 is 35.6 Å². The Hall–Kier alpha value is -4.48. The molecule has 2 amide bonds. The molecular weight excluding hydrogens is 396 g/mol. The van der Waals surface area contributed by atoms with Crippen LogP contribution < -0.4 is 10.9 Å². The van der Waals surface area contributed by atoms with Gasteiger partial charge in [-0.1, -0.05) is 24.3 Å². The number of carbonyl (C=O) groups excluding carboxylic acids is 2. The molecule has 0 aliphatic carbocycles. The first-order valence-corrected chi connectivity index (χ1v) is 8.49. The molecule has 12 nitrogen and oxygen atoms in total. The van der Waals surface area contributed by atoms with Crippen LogP contribution in [0.5, 0.6) is 0 Å². The maximum absolute atomic E-state index is 11.7. The zero-order chi connectivity index (χ0) is 21.9. The number of benzene rings is 2. The number of nitrogens with one attached hydrogen (secondary N) is 2. The number of hydrogen-bond donors (Lipinski definition) is 2. The van der Waals surface area contributed by atoms with Gasteiger partial charge in [-0.05, 0) is 12.1 Å². The third-order valence-corrected chi connectivity index (χ3v) is 3.63. The highest BCUT2D eigenvalue weighted by Gasteiger charge is 2.11. The van der Waals surface area contributed by atoms with E-state index >= 15 is 0 Å². The average molecular weight is 412 g/mol. The van der Waals surface area contributed by atoms with Gasteiger partial charge in [0.15, 0.2) is 0 Å². The number of hydrogen-bond acceptors (Lipinski definition) is 8. The molecule has 0 saturated carbocycles. The maximum atomic E-state index is 11.7. The first-order valence-electron chi connectivity index (χ1n) is 8.49. The molecule has 154 valence electrons. The highest BCUT2D eigenvalue weighted by Crippen LogP contribution is 2.15. The van der Waals surface area contributed by atoms with Gasteiger partial charge in [0, 0.05) is 25.0 Å². The number of nitro benzene ring substituents is 2. The normalized spacial score (nSPS) is 10.8. The van der Waals surface area contributed by atoms with E-state index in [0.717, 1.165) is 12.4 Å². The van der Waals surface area contributed by atoms with Gasteiger partial charge in [-0.25, -0.2) is 10.9 Å². The van der Waals surface area contributed by atoms with Crippen molar-refractivity contribution in [3.63, 3.8) is 0 Å². The van der Waals surface area contributed by atoms with Gasteiger partial charge in [0.25, 0.3) is 11.4 Å². The highest BCUT2D eigenvalue weighted by atomic mass is 16.6. The van der Waals surface area contributed by atoms with Crippen LogP contribution in [0.1, 0.15) is 24.0 Å². The third kappa shape index (κ3) is 6.60. The van der Waals surface area contributed by atoms with E-state index in [9.17, 15) is 29.8 Å². The van der Waals surface area contributed by atoms with Gasteiger partial charge in [-0.15, -0.1) is 0 Å². The van der Waals surface area contributed by atoms with E-state index in [-0.39, 0.29) is 35.3 Å². The molecule has 30 heavy (non-hydrogen) atoms. The molecule has 0 atom stereocenters. The van der Waals surface area contributed by atoms with Crippen LogP contribution in [-0.2, 0) is 9.59 Å². The fraction of sp³-hybridized carbons (Fsp3) is 0.111. The summed E-state index contributed by atoms with van der Waals surface area (Å²) in [6, 6.07) is 11.7. The zero-order valence-electron chi connectivity index (χ0n) is 15.4. The van der Waals surface area contributed by atoms with Gasteiger partial charge in [-0.3, -0.25) is 29.8 Å². The molecule has 2 N–H and O–H groups in total. The minimum absolute atomic E-state index is 0.161. The lowest BCUT2D eigenvalue weighted by Gasteiger charge is -2.01. The second kappa shape index (κ2) is 10.8. The Labute approximate surface area is 169 Å². The topological polar surface area (TPSA) is 169 Å². The van der Waals surface area contributed by atoms with E-state index in [1.165, 1.54) is 36.4 Å². The van der Waals surface area contributed by atoms with E-state index in [1.54, 1.807) is 12.1 Å². The molecular formula is C18H16N6O6. The lowest BCUT2D eigenvalue weighted by atomic mass is 10.2. The van der Waals surface area contributed by atoms with Crippen LogP contribution in [-0.4, -0.2) is 34.1 Å². The van der Waals surface area contributed by atoms with Crippen molar-refractivity contribution in [1.82, 2.24) is 10.9 Å². The summed E-state index contributed by atoms with van der Waals surface area (Å²) >= 11 is 0. The van der Waals surface area contributed by atoms with Crippen LogP contribution in [0.3, 0.4) is 0 Å². The number of carbonyl (C=O) groups is 2. The summed E-state index contributed by atoms with van der Waals surface area (Å²) in [4.78, 5) is 44.1. The van der Waals surface area contributed by atoms with Gasteiger partial charge in [0.05, 0.1) is 33.4 Å². The van der Waals surface area contributed by atoms with E-state index in [2.05, 4.69) is 21.1 Å². The van der Waals surface area contributed by atoms with Crippen LogP contribution in [0, 0.1) is 20.2 Å². The first kappa shape index (κ1) is 21.8. The molecule has 0 aliphatic rings. The summed E-state index contributed by atoms with van der Waals surface area (Å²) in [5, 5.41) is 29.1. The van der Waals surface area contributed by atoms with Crippen LogP contribution in [0.25, 0.3) is 0 Å². The quantitative estimate of drug-likeness (QED) is 0.362. The number of nitrogens with zero attached hydrogens (tertiary/aromatic N) is 4. The van der Waals surface area contributed by atoms with Crippen molar-refractivity contribution in [2.75, 3.05) is 0 Å². The van der Waals surface area contributed by atoms with Crippen molar-refractivity contribution in [3.05, 3.63) is 79.9 Å². The number of rotatable bonds is 9. The Kier molecular flexibility index (Phi) is 7.82. The lowest BCUT2D eigenvalue weighted by molar-refractivity contribution is -0.385. The zero-order valence-corrected chi connectivity index (χ0v) is 15.4. The smallest absolute Gasteiger partial charge is 0.273 e. The predicted molar refractivity (Wildman–Crippen MR) is 107 cm³/mol. The molecule has 0 aliphatic heterocycles.